The van der Waals surface area contributed by atoms with Gasteiger partial charge in [0.2, 0.25) is 10.0 Å². The minimum absolute atomic E-state index is 0.0857. The second kappa shape index (κ2) is 5.71. The van der Waals surface area contributed by atoms with Crippen molar-refractivity contribution in [2.75, 3.05) is 18.9 Å². The molecule has 2 heterocycles. The van der Waals surface area contributed by atoms with E-state index in [2.05, 4.69) is 10.0 Å². The van der Waals surface area contributed by atoms with Gasteiger partial charge in [-0.15, -0.1) is 0 Å². The van der Waals surface area contributed by atoms with Crippen LogP contribution in [0.4, 0.5) is 0 Å². The summed E-state index contributed by atoms with van der Waals surface area (Å²) in [5, 5.41) is 3.23. The van der Waals surface area contributed by atoms with E-state index < -0.39 is 10.0 Å². The van der Waals surface area contributed by atoms with E-state index >= 15 is 0 Å². The number of hydrogen-bond acceptors (Lipinski definition) is 4. The number of ether oxygens (including phenoxy) is 1. The van der Waals surface area contributed by atoms with Crippen LogP contribution in [0.3, 0.4) is 0 Å². The molecule has 0 saturated carbocycles. The van der Waals surface area contributed by atoms with Crippen LogP contribution >= 0.6 is 0 Å². The van der Waals surface area contributed by atoms with E-state index in [0.29, 0.717) is 13.0 Å². The fourth-order valence-corrected chi connectivity index (χ4v) is 4.48. The molecule has 2 aliphatic rings. The molecule has 2 unspecified atom stereocenters. The molecule has 0 aliphatic carbocycles. The SMILES string of the molecule is O=S(=O)(CC1CCCN1)NC1CCOc2ccccc21. The van der Waals surface area contributed by atoms with Gasteiger partial charge in [0, 0.05) is 18.0 Å². The van der Waals surface area contributed by atoms with Crippen molar-refractivity contribution < 1.29 is 13.2 Å². The molecular formula is C14H20N2O3S. The highest BCUT2D eigenvalue weighted by molar-refractivity contribution is 7.89. The maximum absolute atomic E-state index is 12.3. The molecule has 20 heavy (non-hydrogen) atoms. The van der Waals surface area contributed by atoms with Crippen molar-refractivity contribution in [2.45, 2.75) is 31.3 Å². The molecule has 1 aromatic rings. The third-order valence-corrected chi connectivity index (χ3v) is 5.35. The van der Waals surface area contributed by atoms with Crippen LogP contribution in [0.1, 0.15) is 30.9 Å². The van der Waals surface area contributed by atoms with Gasteiger partial charge in [0.25, 0.3) is 0 Å². The molecule has 1 aromatic carbocycles. The van der Waals surface area contributed by atoms with Crippen molar-refractivity contribution in [3.05, 3.63) is 29.8 Å². The summed E-state index contributed by atoms with van der Waals surface area (Å²) in [7, 11) is -3.28. The molecule has 2 aliphatic heterocycles. The number of benzene rings is 1. The lowest BCUT2D eigenvalue weighted by molar-refractivity contribution is 0.263. The Morgan fingerprint density at radius 1 is 1.30 bits per heavy atom. The zero-order valence-corrected chi connectivity index (χ0v) is 12.2. The summed E-state index contributed by atoms with van der Waals surface area (Å²) in [5.41, 5.74) is 0.932. The second-order valence-electron chi connectivity index (χ2n) is 5.42. The second-order valence-corrected chi connectivity index (χ2v) is 7.22. The lowest BCUT2D eigenvalue weighted by Crippen LogP contribution is -2.39. The molecule has 0 bridgehead atoms. The maximum Gasteiger partial charge on any atom is 0.213 e. The molecule has 2 N–H and O–H groups in total. The Balaban J connectivity index is 1.71. The summed E-state index contributed by atoms with van der Waals surface area (Å²) in [6, 6.07) is 7.53. The van der Waals surface area contributed by atoms with Gasteiger partial charge in [-0.05, 0) is 25.5 Å². The van der Waals surface area contributed by atoms with Gasteiger partial charge in [0.1, 0.15) is 5.75 Å². The first-order valence-electron chi connectivity index (χ1n) is 7.09. The summed E-state index contributed by atoms with van der Waals surface area (Å²) in [4.78, 5) is 0. The number of para-hydroxylation sites is 1. The maximum atomic E-state index is 12.3. The summed E-state index contributed by atoms with van der Waals surface area (Å²) in [6.07, 6.45) is 2.67. The van der Waals surface area contributed by atoms with Crippen LogP contribution in [0.2, 0.25) is 0 Å². The van der Waals surface area contributed by atoms with Gasteiger partial charge >= 0.3 is 0 Å². The van der Waals surface area contributed by atoms with E-state index in [1.807, 2.05) is 24.3 Å². The van der Waals surface area contributed by atoms with Gasteiger partial charge in [0.15, 0.2) is 0 Å². The summed E-state index contributed by atoms with van der Waals surface area (Å²) in [6.45, 7) is 1.46. The van der Waals surface area contributed by atoms with Crippen LogP contribution in [0.5, 0.6) is 5.75 Å². The van der Waals surface area contributed by atoms with Crippen LogP contribution in [0, 0.1) is 0 Å². The Labute approximate surface area is 119 Å². The first kappa shape index (κ1) is 13.9. The van der Waals surface area contributed by atoms with Gasteiger partial charge < -0.3 is 10.1 Å². The molecule has 1 fully saturated rings. The van der Waals surface area contributed by atoms with Gasteiger partial charge in [-0.25, -0.2) is 13.1 Å². The monoisotopic (exact) mass is 296 g/mol. The predicted molar refractivity (Wildman–Crippen MR) is 77.2 cm³/mol. The number of fused-ring (bicyclic) bond motifs is 1. The highest BCUT2D eigenvalue weighted by Gasteiger charge is 2.28. The van der Waals surface area contributed by atoms with Gasteiger partial charge in [0.05, 0.1) is 18.4 Å². The van der Waals surface area contributed by atoms with Crippen LogP contribution in [0.25, 0.3) is 0 Å². The quantitative estimate of drug-likeness (QED) is 0.875. The minimum Gasteiger partial charge on any atom is -0.493 e. The molecule has 2 atom stereocenters. The van der Waals surface area contributed by atoms with Crippen molar-refractivity contribution in [2.24, 2.45) is 0 Å². The summed E-state index contributed by atoms with van der Waals surface area (Å²) >= 11 is 0. The van der Waals surface area contributed by atoms with Gasteiger partial charge in [-0.2, -0.15) is 0 Å². The summed E-state index contributed by atoms with van der Waals surface area (Å²) < 4.78 is 32.9. The topological polar surface area (TPSA) is 67.4 Å². The van der Waals surface area contributed by atoms with E-state index in [4.69, 9.17) is 4.74 Å². The van der Waals surface area contributed by atoms with Gasteiger partial charge in [-0.3, -0.25) is 0 Å². The Hall–Kier alpha value is -1.11. The van der Waals surface area contributed by atoms with Gasteiger partial charge in [-0.1, -0.05) is 18.2 Å². The average Bonchev–Trinajstić information content (AvgIpc) is 2.91. The Bertz CT molecular complexity index is 568. The fraction of sp³-hybridized carbons (Fsp3) is 0.571. The lowest BCUT2D eigenvalue weighted by atomic mass is 10.0. The van der Waals surface area contributed by atoms with Crippen molar-refractivity contribution >= 4 is 10.0 Å². The molecule has 0 aromatic heterocycles. The molecule has 6 heteroatoms. The normalized spacial score (nSPS) is 26.0. The lowest BCUT2D eigenvalue weighted by Gasteiger charge is -2.26. The van der Waals surface area contributed by atoms with E-state index in [0.717, 1.165) is 30.7 Å². The van der Waals surface area contributed by atoms with Crippen molar-refractivity contribution in [3.63, 3.8) is 0 Å². The molecular weight excluding hydrogens is 276 g/mol. The van der Waals surface area contributed by atoms with Crippen LogP contribution in [0.15, 0.2) is 24.3 Å². The highest BCUT2D eigenvalue weighted by atomic mass is 32.2. The van der Waals surface area contributed by atoms with Crippen molar-refractivity contribution in [3.8, 4) is 5.75 Å². The van der Waals surface area contributed by atoms with E-state index in [-0.39, 0.29) is 17.8 Å². The van der Waals surface area contributed by atoms with Crippen LogP contribution in [-0.4, -0.2) is 33.4 Å². The first-order valence-corrected chi connectivity index (χ1v) is 8.74. The number of sulfonamides is 1. The van der Waals surface area contributed by atoms with Crippen LogP contribution in [-0.2, 0) is 10.0 Å². The zero-order valence-electron chi connectivity index (χ0n) is 11.3. The van der Waals surface area contributed by atoms with Crippen LogP contribution < -0.4 is 14.8 Å². The Morgan fingerprint density at radius 2 is 2.15 bits per heavy atom. The third-order valence-electron chi connectivity index (χ3n) is 3.86. The number of nitrogens with one attached hydrogen (secondary N) is 2. The molecule has 5 nitrogen and oxygen atoms in total. The third kappa shape index (κ3) is 3.13. The molecule has 0 radical (unpaired) electrons. The molecule has 0 amide bonds. The predicted octanol–water partition coefficient (Wildman–Crippen LogP) is 1.18. The Morgan fingerprint density at radius 3 is 2.95 bits per heavy atom. The largest absolute Gasteiger partial charge is 0.493 e. The van der Waals surface area contributed by atoms with Crippen molar-refractivity contribution in [1.29, 1.82) is 0 Å². The first-order chi connectivity index (χ1) is 9.64. The fourth-order valence-electron chi connectivity index (χ4n) is 2.89. The van der Waals surface area contributed by atoms with E-state index in [1.54, 1.807) is 0 Å². The van der Waals surface area contributed by atoms with Crippen molar-refractivity contribution in [1.82, 2.24) is 10.0 Å². The molecule has 0 spiro atoms. The standard InChI is InChI=1S/C14H20N2O3S/c17-20(18,10-11-4-3-8-15-11)16-13-7-9-19-14-6-2-1-5-12(13)14/h1-2,5-6,11,13,15-16H,3-4,7-10H2. The molecule has 3 rings (SSSR count). The zero-order chi connectivity index (χ0) is 14.0. The smallest absolute Gasteiger partial charge is 0.213 e. The van der Waals surface area contributed by atoms with E-state index in [1.165, 1.54) is 0 Å². The molecule has 1 saturated heterocycles. The minimum atomic E-state index is -3.28. The highest BCUT2D eigenvalue weighted by Crippen LogP contribution is 2.32. The molecule has 110 valence electrons. The van der Waals surface area contributed by atoms with E-state index in [9.17, 15) is 8.42 Å². The Kier molecular flexibility index (Phi) is 3.96. The number of hydrogen-bond donors (Lipinski definition) is 2. The average molecular weight is 296 g/mol. The summed E-state index contributed by atoms with van der Waals surface area (Å²) in [5.74, 6) is 0.942. The number of rotatable bonds is 4.